The lowest BCUT2D eigenvalue weighted by atomic mass is 10.1. The zero-order valence-electron chi connectivity index (χ0n) is 13.9. The van der Waals surface area contributed by atoms with E-state index in [0.29, 0.717) is 24.1 Å². The van der Waals surface area contributed by atoms with E-state index < -0.39 is 11.9 Å². The molecule has 1 aliphatic rings. The minimum absolute atomic E-state index is 0.217. The number of hydrogen-bond donors (Lipinski definition) is 1. The lowest BCUT2D eigenvalue weighted by Crippen LogP contribution is -2.44. The van der Waals surface area contributed by atoms with Crippen LogP contribution < -0.4 is 11.0 Å². The van der Waals surface area contributed by atoms with Gasteiger partial charge in [0, 0.05) is 25.6 Å². The van der Waals surface area contributed by atoms with Crippen molar-refractivity contribution in [1.29, 1.82) is 0 Å². The lowest BCUT2D eigenvalue weighted by molar-refractivity contribution is -0.135. The fourth-order valence-electron chi connectivity index (χ4n) is 2.93. The van der Waals surface area contributed by atoms with Crippen LogP contribution in [-0.2, 0) is 21.4 Å². The number of hydrogen-bond acceptors (Lipinski definition) is 4. The van der Waals surface area contributed by atoms with Crippen molar-refractivity contribution >= 4 is 22.8 Å². The Morgan fingerprint density at radius 2 is 2.12 bits per heavy atom. The number of rotatable bonds is 3. The molecule has 7 heteroatoms. The molecule has 1 radical (unpaired) electrons. The average molecular weight is 340 g/mol. The summed E-state index contributed by atoms with van der Waals surface area (Å²) in [5, 5.41) is 2.29. The van der Waals surface area contributed by atoms with E-state index in [1.807, 2.05) is 0 Å². The fourth-order valence-corrected chi connectivity index (χ4v) is 2.93. The number of fused-ring (bicyclic) bond motifs is 1. The maximum Gasteiger partial charge on any atom is 0.329 e. The van der Waals surface area contributed by atoms with Crippen LogP contribution in [0.25, 0.3) is 11.0 Å². The molecule has 0 spiro atoms. The molecule has 1 aliphatic heterocycles. The van der Waals surface area contributed by atoms with Crippen LogP contribution >= 0.6 is 0 Å². The van der Waals surface area contributed by atoms with Gasteiger partial charge in [-0.05, 0) is 31.5 Å². The molecule has 1 N–H and O–H groups in total. The number of nitrogens with one attached hydrogen (secondary N) is 1. The first-order valence-corrected chi connectivity index (χ1v) is 7.93. The quantitative estimate of drug-likeness (QED) is 0.502. The first-order valence-electron chi connectivity index (χ1n) is 7.93. The van der Waals surface area contributed by atoms with Crippen molar-refractivity contribution in [3.8, 4) is 11.8 Å². The number of carbonyl (C=O) groups excluding carboxylic acids is 2. The van der Waals surface area contributed by atoms with Gasteiger partial charge in [-0.1, -0.05) is 11.8 Å². The number of imide groups is 1. The number of amides is 2. The first kappa shape index (κ1) is 17.0. The Labute approximate surface area is 144 Å². The summed E-state index contributed by atoms with van der Waals surface area (Å²) in [5.41, 5.74) is 1.77. The van der Waals surface area contributed by atoms with Gasteiger partial charge in [0.25, 0.3) is 0 Å². The summed E-state index contributed by atoms with van der Waals surface area (Å²) in [7, 11) is 1.65. The average Bonchev–Trinajstić information content (AvgIpc) is 2.83. The van der Waals surface area contributed by atoms with Crippen molar-refractivity contribution in [2.75, 3.05) is 13.2 Å². The predicted octanol–water partition coefficient (Wildman–Crippen LogP) is 0.520. The third-order valence-electron chi connectivity index (χ3n) is 4.16. The highest BCUT2D eigenvalue weighted by Crippen LogP contribution is 2.23. The minimum atomic E-state index is -0.684. The largest absolute Gasteiger partial charge is 0.369 e. The number of aryl methyl sites for hydroxylation is 1. The molecular weight excluding hydrogens is 322 g/mol. The van der Waals surface area contributed by atoms with Gasteiger partial charge in [-0.2, -0.15) is 0 Å². The van der Waals surface area contributed by atoms with E-state index >= 15 is 0 Å². The third kappa shape index (κ3) is 3.21. The second-order valence-corrected chi connectivity index (χ2v) is 5.74. The molecular formula is C18H18N3O4. The molecule has 129 valence electrons. The van der Waals surface area contributed by atoms with Crippen molar-refractivity contribution < 1.29 is 14.3 Å². The van der Waals surface area contributed by atoms with Gasteiger partial charge in [-0.3, -0.25) is 24.0 Å². The van der Waals surface area contributed by atoms with Gasteiger partial charge in [-0.25, -0.2) is 4.79 Å². The van der Waals surface area contributed by atoms with E-state index in [4.69, 9.17) is 4.74 Å². The van der Waals surface area contributed by atoms with Crippen molar-refractivity contribution in [1.82, 2.24) is 14.5 Å². The normalized spacial score (nSPS) is 17.3. The molecule has 1 unspecified atom stereocenters. The maximum atomic E-state index is 12.6. The Kier molecular flexibility index (Phi) is 4.72. The van der Waals surface area contributed by atoms with Gasteiger partial charge >= 0.3 is 5.69 Å². The standard InChI is InChI=1S/C18H18N3O4/c1-3-25-10-4-5-12-6-7-13-15(11-12)20(2)18(24)21(13)14-8-9-16(22)19-17(14)23/h6-7,11,14H,1,3,8-10H2,2H3,(H,19,22,23). The van der Waals surface area contributed by atoms with Gasteiger partial charge in [0.05, 0.1) is 11.0 Å². The molecule has 1 fully saturated rings. The van der Waals surface area contributed by atoms with Crippen LogP contribution in [0.3, 0.4) is 0 Å². The Morgan fingerprint density at radius 3 is 2.84 bits per heavy atom. The van der Waals surface area contributed by atoms with E-state index in [0.717, 1.165) is 5.56 Å². The third-order valence-corrected chi connectivity index (χ3v) is 4.16. The molecule has 2 amide bonds. The van der Waals surface area contributed by atoms with Crippen molar-refractivity contribution in [2.24, 2.45) is 7.05 Å². The second-order valence-electron chi connectivity index (χ2n) is 5.74. The Balaban J connectivity index is 2.02. The lowest BCUT2D eigenvalue weighted by Gasteiger charge is -2.21. The van der Waals surface area contributed by atoms with Gasteiger partial charge < -0.3 is 4.74 Å². The highest BCUT2D eigenvalue weighted by molar-refractivity contribution is 6.00. The molecule has 1 aromatic heterocycles. The summed E-state index contributed by atoms with van der Waals surface area (Å²) in [6.45, 7) is 4.21. The highest BCUT2D eigenvalue weighted by atomic mass is 16.5. The highest BCUT2D eigenvalue weighted by Gasteiger charge is 2.31. The molecule has 1 atom stereocenters. The number of carbonyl (C=O) groups is 2. The predicted molar refractivity (Wildman–Crippen MR) is 91.7 cm³/mol. The Hall–Kier alpha value is -2.85. The van der Waals surface area contributed by atoms with E-state index in [1.165, 1.54) is 9.13 Å². The van der Waals surface area contributed by atoms with E-state index in [1.54, 1.807) is 25.2 Å². The molecule has 3 rings (SSSR count). The van der Waals surface area contributed by atoms with E-state index in [9.17, 15) is 14.4 Å². The SMILES string of the molecule is [CH2]COCC#Cc1ccc2c(c1)n(C)c(=O)n2C1CCC(=O)NC1=O. The van der Waals surface area contributed by atoms with Gasteiger partial charge in [-0.15, -0.1) is 0 Å². The zero-order chi connectivity index (χ0) is 18.0. The monoisotopic (exact) mass is 340 g/mol. The number of piperidine rings is 1. The van der Waals surface area contributed by atoms with Crippen LogP contribution in [-0.4, -0.2) is 34.2 Å². The van der Waals surface area contributed by atoms with E-state index in [2.05, 4.69) is 24.1 Å². The van der Waals surface area contributed by atoms with Crippen LogP contribution in [0.4, 0.5) is 0 Å². The summed E-state index contributed by atoms with van der Waals surface area (Å²) < 4.78 is 8.00. The van der Waals surface area contributed by atoms with Crippen LogP contribution in [0.15, 0.2) is 23.0 Å². The second kappa shape index (κ2) is 6.95. The molecule has 0 saturated carbocycles. The van der Waals surface area contributed by atoms with Crippen LogP contribution in [0.5, 0.6) is 0 Å². The molecule has 0 aliphatic carbocycles. The molecule has 2 aromatic rings. The molecule has 1 aromatic carbocycles. The van der Waals surface area contributed by atoms with Crippen molar-refractivity contribution in [3.63, 3.8) is 0 Å². The summed E-state index contributed by atoms with van der Waals surface area (Å²) >= 11 is 0. The van der Waals surface area contributed by atoms with Crippen molar-refractivity contribution in [2.45, 2.75) is 18.9 Å². The molecule has 25 heavy (non-hydrogen) atoms. The fraction of sp³-hybridized carbons (Fsp3) is 0.333. The van der Waals surface area contributed by atoms with Crippen LogP contribution in [0.2, 0.25) is 0 Å². The van der Waals surface area contributed by atoms with Crippen LogP contribution in [0.1, 0.15) is 24.4 Å². The molecule has 1 saturated heterocycles. The molecule has 0 bridgehead atoms. The number of aromatic nitrogens is 2. The topological polar surface area (TPSA) is 82.3 Å². The van der Waals surface area contributed by atoms with Gasteiger partial charge in [0.2, 0.25) is 11.8 Å². The first-order chi connectivity index (χ1) is 12.0. The van der Waals surface area contributed by atoms with Crippen LogP contribution in [0, 0.1) is 18.8 Å². The maximum absolute atomic E-state index is 12.6. The zero-order valence-corrected chi connectivity index (χ0v) is 13.9. The minimum Gasteiger partial charge on any atom is -0.369 e. The Bertz CT molecular complexity index is 958. The molecule has 2 heterocycles. The number of ether oxygens (including phenoxy) is 1. The number of nitrogens with zero attached hydrogens (tertiary/aromatic N) is 2. The smallest absolute Gasteiger partial charge is 0.329 e. The van der Waals surface area contributed by atoms with Gasteiger partial charge in [0.15, 0.2) is 0 Å². The van der Waals surface area contributed by atoms with E-state index in [-0.39, 0.29) is 24.6 Å². The summed E-state index contributed by atoms with van der Waals surface area (Å²) in [5.74, 6) is 5.09. The Morgan fingerprint density at radius 1 is 1.32 bits per heavy atom. The summed E-state index contributed by atoms with van der Waals surface area (Å²) in [6, 6.07) is 4.68. The number of imidazole rings is 1. The molecule has 7 nitrogen and oxygen atoms in total. The van der Waals surface area contributed by atoms with Gasteiger partial charge in [0.1, 0.15) is 12.6 Å². The summed E-state index contributed by atoms with van der Waals surface area (Å²) in [6.07, 6.45) is 0.530. The summed E-state index contributed by atoms with van der Waals surface area (Å²) in [4.78, 5) is 36.1. The number of benzene rings is 1. The van der Waals surface area contributed by atoms with Crippen molar-refractivity contribution in [3.05, 3.63) is 41.2 Å².